The highest BCUT2D eigenvalue weighted by atomic mass is 14.1. The van der Waals surface area contributed by atoms with Gasteiger partial charge < -0.3 is 0 Å². The molecule has 4 aromatic carbocycles. The lowest BCUT2D eigenvalue weighted by atomic mass is 9.97. The average Bonchev–Trinajstić information content (AvgIpc) is 2.90. The molecule has 0 bridgehead atoms. The lowest BCUT2D eigenvalue weighted by Crippen LogP contribution is -1.88. The van der Waals surface area contributed by atoms with Gasteiger partial charge in [0.15, 0.2) is 0 Å². The van der Waals surface area contributed by atoms with Crippen molar-refractivity contribution in [2.75, 3.05) is 0 Å². The van der Waals surface area contributed by atoms with E-state index in [0.29, 0.717) is 0 Å². The molecule has 0 atom stereocenters. The monoisotopic (exact) mass is 428 g/mol. The first-order chi connectivity index (χ1) is 15.7. The normalized spacial score (nSPS) is 9.75. The first-order valence-electron chi connectivity index (χ1n) is 12.7. The second-order valence-electron chi connectivity index (χ2n) is 7.36. The Labute approximate surface area is 197 Å². The molecule has 4 rings (SSSR count). The van der Waals surface area contributed by atoms with Gasteiger partial charge in [0.25, 0.3) is 0 Å². The van der Waals surface area contributed by atoms with Crippen LogP contribution in [0.2, 0.25) is 0 Å². The van der Waals surface area contributed by atoms with Gasteiger partial charge in [0.05, 0.1) is 0 Å². The summed E-state index contributed by atoms with van der Waals surface area (Å²) in [6, 6.07) is 26.7. The highest BCUT2D eigenvalue weighted by Gasteiger charge is 2.02. The first kappa shape index (κ1) is 27.4. The molecule has 0 amide bonds. The summed E-state index contributed by atoms with van der Waals surface area (Å²) in [6.45, 7) is 16.8. The van der Waals surface area contributed by atoms with Crippen LogP contribution in [0.25, 0.3) is 21.5 Å². The minimum Gasteiger partial charge on any atom is -0.0683 e. The van der Waals surface area contributed by atoms with Crippen LogP contribution in [-0.4, -0.2) is 0 Å². The molecule has 0 nitrogen and oxygen atoms in total. The van der Waals surface area contributed by atoms with Crippen LogP contribution in [0, 0.1) is 0 Å². The molecule has 0 heteroatoms. The molecule has 32 heavy (non-hydrogen) atoms. The largest absolute Gasteiger partial charge is 0.0683 e. The highest BCUT2D eigenvalue weighted by molar-refractivity contribution is 5.88. The summed E-state index contributed by atoms with van der Waals surface area (Å²) >= 11 is 0. The third-order valence-corrected chi connectivity index (χ3v) is 5.65. The molecule has 0 aliphatic carbocycles. The predicted octanol–water partition coefficient (Wildman–Crippen LogP) is 9.98. The lowest BCUT2D eigenvalue weighted by molar-refractivity contribution is 1.13. The molecule has 4 aromatic rings. The Kier molecular flexibility index (Phi) is 13.1. The van der Waals surface area contributed by atoms with Gasteiger partial charge >= 0.3 is 0 Å². The third kappa shape index (κ3) is 7.23. The fourth-order valence-corrected chi connectivity index (χ4v) is 3.82. The molecule has 0 saturated carbocycles. The maximum Gasteiger partial charge on any atom is -0.0149 e. The van der Waals surface area contributed by atoms with Crippen molar-refractivity contribution in [2.24, 2.45) is 0 Å². The van der Waals surface area contributed by atoms with Gasteiger partial charge in [-0.25, -0.2) is 0 Å². The van der Waals surface area contributed by atoms with Gasteiger partial charge in [0.1, 0.15) is 0 Å². The van der Waals surface area contributed by atoms with Crippen LogP contribution in [0.15, 0.2) is 72.8 Å². The summed E-state index contributed by atoms with van der Waals surface area (Å²) in [5, 5.41) is 5.58. The van der Waals surface area contributed by atoms with E-state index < -0.39 is 0 Å². The van der Waals surface area contributed by atoms with Crippen LogP contribution in [0.4, 0.5) is 0 Å². The highest BCUT2D eigenvalue weighted by Crippen LogP contribution is 2.23. The number of fused-ring (bicyclic) bond motifs is 2. The summed E-state index contributed by atoms with van der Waals surface area (Å²) in [7, 11) is 0. The molecular weight excluding hydrogens is 384 g/mol. The topological polar surface area (TPSA) is 0 Å². The second-order valence-corrected chi connectivity index (χ2v) is 7.36. The van der Waals surface area contributed by atoms with Crippen molar-refractivity contribution in [3.05, 3.63) is 95.1 Å². The zero-order valence-corrected chi connectivity index (χ0v) is 21.8. The predicted molar refractivity (Wildman–Crippen MR) is 148 cm³/mol. The van der Waals surface area contributed by atoms with Crippen molar-refractivity contribution < 1.29 is 0 Å². The minimum absolute atomic E-state index is 1.12. The Hall–Kier alpha value is -2.60. The SMILES string of the molecule is CC.CC.CCc1ccc(CC)c2ccccc12.CCc1ccc2cc(CC)ccc2c1. The van der Waals surface area contributed by atoms with E-state index in [1.807, 2.05) is 27.7 Å². The van der Waals surface area contributed by atoms with Crippen LogP contribution < -0.4 is 0 Å². The summed E-state index contributed by atoms with van der Waals surface area (Å²) in [4.78, 5) is 0. The molecule has 0 N–H and O–H groups in total. The average molecular weight is 429 g/mol. The molecule has 0 aromatic heterocycles. The zero-order valence-electron chi connectivity index (χ0n) is 21.8. The Morgan fingerprint density at radius 3 is 1.12 bits per heavy atom. The number of benzene rings is 4. The lowest BCUT2D eigenvalue weighted by Gasteiger charge is -2.08. The van der Waals surface area contributed by atoms with Gasteiger partial charge in [-0.1, -0.05) is 128 Å². The van der Waals surface area contributed by atoms with Crippen LogP contribution in [0.1, 0.15) is 77.6 Å². The molecule has 0 saturated heterocycles. The van der Waals surface area contributed by atoms with Gasteiger partial charge in [-0.05, 0) is 69.5 Å². The third-order valence-electron chi connectivity index (χ3n) is 5.65. The molecule has 0 aliphatic rings. The van der Waals surface area contributed by atoms with E-state index >= 15 is 0 Å². The Morgan fingerprint density at radius 1 is 0.438 bits per heavy atom. The molecule has 0 aliphatic heterocycles. The molecule has 172 valence electrons. The zero-order chi connectivity index (χ0) is 23.9. The van der Waals surface area contributed by atoms with E-state index in [9.17, 15) is 0 Å². The van der Waals surface area contributed by atoms with Crippen molar-refractivity contribution in [3.8, 4) is 0 Å². The number of rotatable bonds is 4. The smallest absolute Gasteiger partial charge is 0.0149 e. The van der Waals surface area contributed by atoms with Gasteiger partial charge in [0.2, 0.25) is 0 Å². The summed E-state index contributed by atoms with van der Waals surface area (Å²) in [6.07, 6.45) is 4.46. The fourth-order valence-electron chi connectivity index (χ4n) is 3.82. The Morgan fingerprint density at radius 2 is 0.812 bits per heavy atom. The molecule has 0 spiro atoms. The van der Waals surface area contributed by atoms with Crippen molar-refractivity contribution in [1.29, 1.82) is 0 Å². The van der Waals surface area contributed by atoms with Crippen LogP contribution >= 0.6 is 0 Å². The first-order valence-corrected chi connectivity index (χ1v) is 12.7. The van der Waals surface area contributed by atoms with E-state index in [1.165, 1.54) is 43.8 Å². The van der Waals surface area contributed by atoms with Crippen molar-refractivity contribution in [3.63, 3.8) is 0 Å². The Bertz CT molecular complexity index is 970. The van der Waals surface area contributed by atoms with E-state index in [0.717, 1.165) is 25.7 Å². The Balaban J connectivity index is 0.000000277. The van der Waals surface area contributed by atoms with E-state index in [1.54, 1.807) is 0 Å². The molecule has 0 unspecified atom stereocenters. The van der Waals surface area contributed by atoms with Gasteiger partial charge in [-0.15, -0.1) is 0 Å². The molecule has 0 fully saturated rings. The van der Waals surface area contributed by atoms with Gasteiger partial charge in [0, 0.05) is 0 Å². The van der Waals surface area contributed by atoms with Crippen molar-refractivity contribution >= 4 is 21.5 Å². The maximum absolute atomic E-state index is 2.29. The number of aryl methyl sites for hydroxylation is 4. The van der Waals surface area contributed by atoms with Crippen LogP contribution in [0.3, 0.4) is 0 Å². The van der Waals surface area contributed by atoms with Crippen LogP contribution in [0.5, 0.6) is 0 Å². The van der Waals surface area contributed by atoms with E-state index in [-0.39, 0.29) is 0 Å². The summed E-state index contributed by atoms with van der Waals surface area (Å²) < 4.78 is 0. The van der Waals surface area contributed by atoms with Crippen LogP contribution in [-0.2, 0) is 25.7 Å². The standard InChI is InChI=1S/2C14H16.2C2H6/c1-3-11-5-7-14-10-12(4-2)6-8-13(14)9-11;1-3-11-9-10-12(4-2)14-8-6-5-7-13(11)14;2*1-2/h2*5-10H,3-4H2,1-2H3;2*1-2H3. The van der Waals surface area contributed by atoms with E-state index in [2.05, 4.69) is 100 Å². The van der Waals surface area contributed by atoms with Crippen molar-refractivity contribution in [2.45, 2.75) is 81.1 Å². The minimum atomic E-state index is 1.12. The summed E-state index contributed by atoms with van der Waals surface area (Å²) in [5.74, 6) is 0. The second kappa shape index (κ2) is 15.2. The molecule has 0 heterocycles. The quantitative estimate of drug-likeness (QED) is 0.303. The molecule has 0 radical (unpaired) electrons. The van der Waals surface area contributed by atoms with Crippen molar-refractivity contribution in [1.82, 2.24) is 0 Å². The number of hydrogen-bond acceptors (Lipinski definition) is 0. The maximum atomic E-state index is 2.29. The van der Waals surface area contributed by atoms with Gasteiger partial charge in [-0.2, -0.15) is 0 Å². The molecular formula is C32H44. The number of hydrogen-bond donors (Lipinski definition) is 0. The summed E-state index contributed by atoms with van der Waals surface area (Å²) in [5.41, 5.74) is 5.75. The van der Waals surface area contributed by atoms with Gasteiger partial charge in [-0.3, -0.25) is 0 Å². The fraction of sp³-hybridized carbons (Fsp3) is 0.375. The van der Waals surface area contributed by atoms with E-state index in [4.69, 9.17) is 0 Å².